The lowest BCUT2D eigenvalue weighted by Gasteiger charge is -2.20. The van der Waals surface area contributed by atoms with Crippen LogP contribution >= 0.6 is 0 Å². The number of ether oxygens (including phenoxy) is 1. The van der Waals surface area contributed by atoms with Gasteiger partial charge in [0.25, 0.3) is 5.91 Å². The number of hydrogen-bond donors (Lipinski definition) is 0. The summed E-state index contributed by atoms with van der Waals surface area (Å²) in [7, 11) is -2.43. The lowest BCUT2D eigenvalue weighted by atomic mass is 10.2. The van der Waals surface area contributed by atoms with Gasteiger partial charge in [0, 0.05) is 19.0 Å². The van der Waals surface area contributed by atoms with E-state index in [0.29, 0.717) is 5.52 Å². The summed E-state index contributed by atoms with van der Waals surface area (Å²) in [5.74, 6) is -1.15. The number of carbonyl (C=O) groups excluding carboxylic acids is 2. The van der Waals surface area contributed by atoms with Gasteiger partial charge in [0.15, 0.2) is 5.69 Å². The van der Waals surface area contributed by atoms with Crippen LogP contribution in [-0.4, -0.2) is 54.5 Å². The van der Waals surface area contributed by atoms with E-state index in [1.165, 1.54) is 22.6 Å². The quantitative estimate of drug-likeness (QED) is 0.582. The molecule has 8 nitrogen and oxygen atoms in total. The van der Waals surface area contributed by atoms with Crippen LogP contribution in [0, 0.1) is 0 Å². The van der Waals surface area contributed by atoms with E-state index in [-0.39, 0.29) is 23.9 Å². The molecule has 0 unspecified atom stereocenters. The Bertz CT molecular complexity index is 1120. The van der Waals surface area contributed by atoms with E-state index in [2.05, 4.69) is 4.98 Å². The van der Waals surface area contributed by atoms with Crippen LogP contribution in [0.1, 0.15) is 16.1 Å². The van der Waals surface area contributed by atoms with Crippen molar-refractivity contribution in [2.24, 2.45) is 0 Å². The monoisotopic (exact) mass is 401 g/mol. The third-order valence-electron chi connectivity index (χ3n) is 4.10. The van der Waals surface area contributed by atoms with Gasteiger partial charge in [-0.2, -0.15) is 0 Å². The van der Waals surface area contributed by atoms with Crippen molar-refractivity contribution in [3.05, 3.63) is 66.0 Å². The summed E-state index contributed by atoms with van der Waals surface area (Å²) in [5.41, 5.74) is 1.11. The zero-order chi connectivity index (χ0) is 20.3. The molecule has 0 aliphatic heterocycles. The van der Waals surface area contributed by atoms with Gasteiger partial charge in [0.05, 0.1) is 12.6 Å². The Hall–Kier alpha value is -3.20. The van der Waals surface area contributed by atoms with Gasteiger partial charge < -0.3 is 9.64 Å². The van der Waals surface area contributed by atoms with E-state index in [9.17, 15) is 18.0 Å². The van der Waals surface area contributed by atoms with E-state index in [1.54, 1.807) is 18.2 Å². The maximum Gasteiger partial charge on any atom is 0.325 e. The number of aromatic nitrogens is 2. The molecule has 0 spiro atoms. The predicted octanol–water partition coefficient (Wildman–Crippen LogP) is 1.55. The van der Waals surface area contributed by atoms with Gasteiger partial charge in [-0.05, 0) is 17.7 Å². The minimum absolute atomic E-state index is 0.0409. The summed E-state index contributed by atoms with van der Waals surface area (Å²) in [6.07, 6.45) is 2.55. The maximum atomic E-state index is 13.2. The molecular formula is C19H19N3O5S. The minimum Gasteiger partial charge on any atom is -0.468 e. The van der Waals surface area contributed by atoms with E-state index in [1.807, 2.05) is 30.3 Å². The molecule has 0 saturated carbocycles. The fourth-order valence-corrected chi connectivity index (χ4v) is 3.58. The minimum atomic E-state index is -3.66. The number of esters is 1. The highest BCUT2D eigenvalue weighted by Crippen LogP contribution is 2.19. The maximum absolute atomic E-state index is 13.2. The zero-order valence-corrected chi connectivity index (χ0v) is 16.2. The first-order chi connectivity index (χ1) is 13.3. The highest BCUT2D eigenvalue weighted by Gasteiger charge is 2.27. The van der Waals surface area contributed by atoms with Crippen molar-refractivity contribution in [2.45, 2.75) is 11.7 Å². The molecule has 0 radical (unpaired) electrons. The second-order valence-electron chi connectivity index (χ2n) is 6.19. The Morgan fingerprint density at radius 1 is 1.11 bits per heavy atom. The molecule has 0 bridgehead atoms. The summed E-state index contributed by atoms with van der Waals surface area (Å²) in [4.78, 5) is 30.4. The average Bonchev–Trinajstić information content (AvgIpc) is 3.07. The molecule has 2 aromatic heterocycles. The highest BCUT2D eigenvalue weighted by atomic mass is 32.2. The van der Waals surface area contributed by atoms with Crippen LogP contribution in [0.5, 0.6) is 0 Å². The molecule has 146 valence electrons. The summed E-state index contributed by atoms with van der Waals surface area (Å²) in [6.45, 7) is -0.140. The number of methoxy groups -OCH3 is 1. The van der Waals surface area contributed by atoms with E-state index in [0.717, 1.165) is 11.8 Å². The number of fused-ring (bicyclic) bond motifs is 1. The van der Waals surface area contributed by atoms with Crippen molar-refractivity contribution in [3.8, 4) is 0 Å². The van der Waals surface area contributed by atoms with Crippen molar-refractivity contribution in [3.63, 3.8) is 0 Å². The van der Waals surface area contributed by atoms with E-state index in [4.69, 9.17) is 4.74 Å². The number of carbonyl (C=O) groups is 2. The summed E-state index contributed by atoms with van der Waals surface area (Å²) < 4.78 is 30.2. The Morgan fingerprint density at radius 2 is 1.79 bits per heavy atom. The van der Waals surface area contributed by atoms with Crippen molar-refractivity contribution < 1.29 is 22.7 Å². The molecule has 28 heavy (non-hydrogen) atoms. The predicted molar refractivity (Wildman–Crippen MR) is 102 cm³/mol. The van der Waals surface area contributed by atoms with Crippen molar-refractivity contribution in [2.75, 3.05) is 19.9 Å². The van der Waals surface area contributed by atoms with Crippen LogP contribution in [0.25, 0.3) is 5.52 Å². The van der Waals surface area contributed by atoms with Gasteiger partial charge in [0.2, 0.25) is 15.0 Å². The number of imidazole rings is 1. The first-order valence-electron chi connectivity index (χ1n) is 8.38. The number of nitrogens with zero attached hydrogens (tertiary/aromatic N) is 3. The largest absolute Gasteiger partial charge is 0.468 e. The average molecular weight is 401 g/mol. The third-order valence-corrected chi connectivity index (χ3v) is 5.05. The number of hydrogen-bond acceptors (Lipinski definition) is 6. The molecule has 0 fully saturated rings. The number of benzene rings is 1. The molecule has 0 N–H and O–H groups in total. The third kappa shape index (κ3) is 4.04. The van der Waals surface area contributed by atoms with Crippen LogP contribution in [-0.2, 0) is 25.9 Å². The molecule has 0 saturated heterocycles. The van der Waals surface area contributed by atoms with Gasteiger partial charge in [-0.25, -0.2) is 13.4 Å². The number of sulfone groups is 1. The lowest BCUT2D eigenvalue weighted by Crippen LogP contribution is -2.36. The molecule has 0 aliphatic carbocycles. The zero-order valence-electron chi connectivity index (χ0n) is 15.4. The van der Waals surface area contributed by atoms with Gasteiger partial charge >= 0.3 is 5.97 Å². The molecule has 0 atom stereocenters. The topological polar surface area (TPSA) is 98.0 Å². The lowest BCUT2D eigenvalue weighted by molar-refractivity contribution is -0.141. The summed E-state index contributed by atoms with van der Waals surface area (Å²) in [6, 6.07) is 14.1. The second kappa shape index (κ2) is 7.81. The summed E-state index contributed by atoms with van der Waals surface area (Å²) in [5, 5.41) is -0.232. The van der Waals surface area contributed by atoms with E-state index < -0.39 is 21.7 Å². The fourth-order valence-electron chi connectivity index (χ4n) is 2.80. The Balaban J connectivity index is 2.06. The molecule has 3 rings (SSSR count). The summed E-state index contributed by atoms with van der Waals surface area (Å²) >= 11 is 0. The van der Waals surface area contributed by atoms with Crippen molar-refractivity contribution in [1.29, 1.82) is 0 Å². The molecule has 1 amide bonds. The van der Waals surface area contributed by atoms with Crippen LogP contribution in [0.2, 0.25) is 0 Å². The van der Waals surface area contributed by atoms with Crippen LogP contribution < -0.4 is 0 Å². The fraction of sp³-hybridized carbons (Fsp3) is 0.211. The first kappa shape index (κ1) is 19.6. The second-order valence-corrected chi connectivity index (χ2v) is 8.10. The van der Waals surface area contributed by atoms with E-state index >= 15 is 0 Å². The number of rotatable bonds is 6. The Morgan fingerprint density at radius 3 is 2.43 bits per heavy atom. The molecule has 3 aromatic rings. The number of amides is 1. The Kier molecular flexibility index (Phi) is 5.46. The molecule has 9 heteroatoms. The van der Waals surface area contributed by atoms with Crippen molar-refractivity contribution in [1.82, 2.24) is 14.3 Å². The smallest absolute Gasteiger partial charge is 0.325 e. The molecule has 2 heterocycles. The van der Waals surface area contributed by atoms with Crippen LogP contribution in [0.4, 0.5) is 0 Å². The van der Waals surface area contributed by atoms with Gasteiger partial charge in [0.1, 0.15) is 6.54 Å². The molecular weight excluding hydrogens is 382 g/mol. The normalized spacial score (nSPS) is 11.4. The first-order valence-corrected chi connectivity index (χ1v) is 10.3. The van der Waals surface area contributed by atoms with Gasteiger partial charge in [-0.3, -0.25) is 14.0 Å². The van der Waals surface area contributed by atoms with Crippen LogP contribution in [0.15, 0.2) is 59.9 Å². The Labute approximate surface area is 162 Å². The standard InChI is InChI=1S/C19H19N3O5S/c1-27-16(23)13-21(12-14-8-4-3-5-9-14)18(24)17-15-10-6-7-11-22(15)19(20-17)28(2,25)26/h3-11H,12-13H2,1-2H3. The molecule has 1 aromatic carbocycles. The van der Waals surface area contributed by atoms with Crippen molar-refractivity contribution >= 4 is 27.2 Å². The number of pyridine rings is 1. The SMILES string of the molecule is COC(=O)CN(Cc1ccccc1)C(=O)c1nc(S(C)(=O)=O)n2ccccc12. The highest BCUT2D eigenvalue weighted by molar-refractivity contribution is 7.90. The van der Waals surface area contributed by atoms with Gasteiger partial charge in [-0.15, -0.1) is 0 Å². The van der Waals surface area contributed by atoms with Gasteiger partial charge in [-0.1, -0.05) is 36.4 Å². The molecule has 0 aliphatic rings. The van der Waals surface area contributed by atoms with Crippen LogP contribution in [0.3, 0.4) is 0 Å².